The molecule has 1 unspecified atom stereocenters. The van der Waals surface area contributed by atoms with E-state index in [1.54, 1.807) is 0 Å². The second-order valence-electron chi connectivity index (χ2n) is 7.35. The fourth-order valence-electron chi connectivity index (χ4n) is 3.63. The predicted molar refractivity (Wildman–Crippen MR) is 97.6 cm³/mol. The third-order valence-corrected chi connectivity index (χ3v) is 5.39. The van der Waals surface area contributed by atoms with Crippen molar-refractivity contribution in [1.29, 1.82) is 0 Å². The fraction of sp³-hybridized carbons (Fsp3) is 0.409. The van der Waals surface area contributed by atoms with Gasteiger partial charge in [-0.15, -0.1) is 0 Å². The molecule has 0 radical (unpaired) electrons. The third-order valence-electron chi connectivity index (χ3n) is 5.39. The van der Waals surface area contributed by atoms with Crippen LogP contribution in [-0.2, 0) is 11.2 Å². The van der Waals surface area contributed by atoms with Crippen molar-refractivity contribution in [3.8, 4) is 11.1 Å². The average Bonchev–Trinajstić information content (AvgIpc) is 3.48. The molecule has 1 atom stereocenters. The maximum atomic E-state index is 12.8. The van der Waals surface area contributed by atoms with Crippen LogP contribution < -0.4 is 0 Å². The minimum Gasteiger partial charge on any atom is -0.336 e. The molecule has 1 amide bonds. The highest BCUT2D eigenvalue weighted by atomic mass is 16.2. The summed E-state index contributed by atoms with van der Waals surface area (Å²) in [6, 6.07) is 19.8. The standard InChI is InChI=1S/C22H25NO/c1-16(18-11-12-18)23(21-13-14-21)22(24)15-17-7-9-20(10-8-17)19-5-3-2-4-6-19/h2-10,16,18,21H,11-15H2,1H3. The van der Waals surface area contributed by atoms with Gasteiger partial charge in [0, 0.05) is 12.1 Å². The smallest absolute Gasteiger partial charge is 0.227 e. The minimum atomic E-state index is 0.310. The van der Waals surface area contributed by atoms with Crippen LogP contribution in [0.5, 0.6) is 0 Å². The van der Waals surface area contributed by atoms with Gasteiger partial charge in [0.15, 0.2) is 0 Å². The zero-order valence-corrected chi connectivity index (χ0v) is 14.3. The van der Waals surface area contributed by atoms with Crippen molar-refractivity contribution in [2.24, 2.45) is 5.92 Å². The number of hydrogen-bond acceptors (Lipinski definition) is 1. The highest BCUT2D eigenvalue weighted by Crippen LogP contribution is 2.40. The molecule has 2 nitrogen and oxygen atoms in total. The molecule has 2 saturated carbocycles. The van der Waals surface area contributed by atoms with E-state index in [9.17, 15) is 4.79 Å². The highest BCUT2D eigenvalue weighted by Gasteiger charge is 2.41. The van der Waals surface area contributed by atoms with Crippen LogP contribution in [0.25, 0.3) is 11.1 Å². The lowest BCUT2D eigenvalue weighted by Gasteiger charge is -2.29. The molecule has 2 fully saturated rings. The van der Waals surface area contributed by atoms with Gasteiger partial charge < -0.3 is 4.90 Å². The molecular formula is C22H25NO. The Morgan fingerprint density at radius 1 is 0.958 bits per heavy atom. The quantitative estimate of drug-likeness (QED) is 0.756. The van der Waals surface area contributed by atoms with Gasteiger partial charge in [-0.1, -0.05) is 54.6 Å². The Kier molecular flexibility index (Phi) is 4.13. The zero-order valence-electron chi connectivity index (χ0n) is 14.3. The van der Waals surface area contributed by atoms with Crippen LogP contribution in [0.3, 0.4) is 0 Å². The van der Waals surface area contributed by atoms with Crippen LogP contribution in [0, 0.1) is 5.92 Å². The van der Waals surface area contributed by atoms with E-state index in [1.807, 2.05) is 6.07 Å². The Balaban J connectivity index is 1.45. The van der Waals surface area contributed by atoms with Crippen molar-refractivity contribution in [3.05, 3.63) is 60.2 Å². The van der Waals surface area contributed by atoms with Crippen molar-refractivity contribution in [2.75, 3.05) is 0 Å². The number of amides is 1. The van der Waals surface area contributed by atoms with Gasteiger partial charge in [0.25, 0.3) is 0 Å². The molecule has 2 aliphatic carbocycles. The number of nitrogens with zero attached hydrogens (tertiary/aromatic N) is 1. The topological polar surface area (TPSA) is 20.3 Å². The lowest BCUT2D eigenvalue weighted by molar-refractivity contribution is -0.133. The molecule has 2 aliphatic rings. The maximum Gasteiger partial charge on any atom is 0.227 e. The van der Waals surface area contributed by atoms with Gasteiger partial charge in [-0.05, 0) is 55.2 Å². The van der Waals surface area contributed by atoms with Crippen LogP contribution >= 0.6 is 0 Å². The molecule has 0 aromatic heterocycles. The molecule has 0 heterocycles. The predicted octanol–water partition coefficient (Wildman–Crippen LogP) is 4.69. The van der Waals surface area contributed by atoms with Crippen molar-refractivity contribution < 1.29 is 4.79 Å². The van der Waals surface area contributed by atoms with E-state index in [1.165, 1.54) is 36.8 Å². The first-order valence-corrected chi connectivity index (χ1v) is 9.18. The summed E-state index contributed by atoms with van der Waals surface area (Å²) in [5.74, 6) is 1.05. The number of benzene rings is 2. The summed E-state index contributed by atoms with van der Waals surface area (Å²) in [4.78, 5) is 15.0. The Morgan fingerprint density at radius 3 is 2.17 bits per heavy atom. The van der Waals surface area contributed by atoms with Gasteiger partial charge in [-0.3, -0.25) is 4.79 Å². The summed E-state index contributed by atoms with van der Waals surface area (Å²) in [6.07, 6.45) is 5.50. The van der Waals surface area contributed by atoms with Crippen LogP contribution in [0.15, 0.2) is 54.6 Å². The summed E-state index contributed by atoms with van der Waals surface area (Å²) < 4.78 is 0. The van der Waals surface area contributed by atoms with E-state index in [0.29, 0.717) is 24.4 Å². The van der Waals surface area contributed by atoms with E-state index < -0.39 is 0 Å². The van der Waals surface area contributed by atoms with E-state index in [2.05, 4.69) is 60.4 Å². The van der Waals surface area contributed by atoms with E-state index in [0.717, 1.165) is 11.5 Å². The second kappa shape index (κ2) is 6.43. The van der Waals surface area contributed by atoms with E-state index in [4.69, 9.17) is 0 Å². The first kappa shape index (κ1) is 15.4. The average molecular weight is 319 g/mol. The summed E-state index contributed by atoms with van der Waals surface area (Å²) in [5, 5.41) is 0. The van der Waals surface area contributed by atoms with Crippen molar-refractivity contribution in [1.82, 2.24) is 4.90 Å². The van der Waals surface area contributed by atoms with Crippen LogP contribution in [0.1, 0.15) is 38.2 Å². The molecule has 4 rings (SSSR count). The number of rotatable bonds is 6. The summed E-state index contributed by atoms with van der Waals surface area (Å²) in [5.41, 5.74) is 3.54. The highest BCUT2D eigenvalue weighted by molar-refractivity contribution is 5.80. The molecular weight excluding hydrogens is 294 g/mol. The monoisotopic (exact) mass is 319 g/mol. The van der Waals surface area contributed by atoms with Gasteiger partial charge in [-0.25, -0.2) is 0 Å². The molecule has 24 heavy (non-hydrogen) atoms. The summed E-state index contributed by atoms with van der Waals surface area (Å²) >= 11 is 0. The molecule has 2 aromatic rings. The summed E-state index contributed by atoms with van der Waals surface area (Å²) in [6.45, 7) is 2.24. The third kappa shape index (κ3) is 3.38. The van der Waals surface area contributed by atoms with E-state index >= 15 is 0 Å². The van der Waals surface area contributed by atoms with Gasteiger partial charge in [0.05, 0.1) is 6.42 Å². The Morgan fingerprint density at radius 2 is 1.58 bits per heavy atom. The molecule has 2 heteroatoms. The SMILES string of the molecule is CC(C1CC1)N(C(=O)Cc1ccc(-c2ccccc2)cc1)C1CC1. The largest absolute Gasteiger partial charge is 0.336 e. The second-order valence-corrected chi connectivity index (χ2v) is 7.35. The summed E-state index contributed by atoms with van der Waals surface area (Å²) in [7, 11) is 0. The zero-order chi connectivity index (χ0) is 16.5. The molecule has 0 aliphatic heterocycles. The van der Waals surface area contributed by atoms with E-state index in [-0.39, 0.29) is 0 Å². The molecule has 0 bridgehead atoms. The van der Waals surface area contributed by atoms with Gasteiger partial charge in [0.2, 0.25) is 5.91 Å². The number of carbonyl (C=O) groups excluding carboxylic acids is 1. The first-order valence-electron chi connectivity index (χ1n) is 9.18. The lowest BCUT2D eigenvalue weighted by atomic mass is 10.0. The number of carbonyl (C=O) groups is 1. The Labute approximate surface area is 144 Å². The maximum absolute atomic E-state index is 12.8. The Bertz CT molecular complexity index is 699. The molecule has 124 valence electrons. The van der Waals surface area contributed by atoms with Crippen LogP contribution in [0.2, 0.25) is 0 Å². The molecule has 0 saturated heterocycles. The first-order chi connectivity index (χ1) is 11.7. The van der Waals surface area contributed by atoms with Crippen LogP contribution in [0.4, 0.5) is 0 Å². The molecule has 2 aromatic carbocycles. The van der Waals surface area contributed by atoms with Crippen molar-refractivity contribution in [3.63, 3.8) is 0 Å². The minimum absolute atomic E-state index is 0.310. The normalized spacial score (nSPS) is 18.2. The van der Waals surface area contributed by atoms with Crippen LogP contribution in [-0.4, -0.2) is 22.9 Å². The van der Waals surface area contributed by atoms with Gasteiger partial charge in [-0.2, -0.15) is 0 Å². The molecule has 0 spiro atoms. The number of hydrogen-bond donors (Lipinski definition) is 0. The van der Waals surface area contributed by atoms with Gasteiger partial charge in [0.1, 0.15) is 0 Å². The molecule has 0 N–H and O–H groups in total. The lowest BCUT2D eigenvalue weighted by Crippen LogP contribution is -2.42. The van der Waals surface area contributed by atoms with Crippen molar-refractivity contribution >= 4 is 5.91 Å². The fourth-order valence-corrected chi connectivity index (χ4v) is 3.63. The van der Waals surface area contributed by atoms with Gasteiger partial charge >= 0.3 is 0 Å². The Hall–Kier alpha value is -2.09. The van der Waals surface area contributed by atoms with Crippen molar-refractivity contribution in [2.45, 2.75) is 51.1 Å².